The quantitative estimate of drug-likeness (QED) is 0.652. The zero-order valence-corrected chi connectivity index (χ0v) is 13.8. The summed E-state index contributed by atoms with van der Waals surface area (Å²) in [4.78, 5) is 12.0. The van der Waals surface area contributed by atoms with E-state index in [1.165, 1.54) is 22.3 Å². The molecule has 2 aromatic rings. The summed E-state index contributed by atoms with van der Waals surface area (Å²) in [5, 5.41) is 0. The van der Waals surface area contributed by atoms with Crippen molar-refractivity contribution in [3.8, 4) is 0 Å². The van der Waals surface area contributed by atoms with Crippen LogP contribution in [0.5, 0.6) is 0 Å². The first-order chi connectivity index (χ1) is 10.7. The molecule has 116 valence electrons. The van der Waals surface area contributed by atoms with E-state index in [9.17, 15) is 4.79 Å². The normalized spacial score (nSPS) is 10.6. The molecule has 0 unspecified atom stereocenters. The highest BCUT2D eigenvalue weighted by Crippen LogP contribution is 2.13. The van der Waals surface area contributed by atoms with Crippen LogP contribution in [-0.4, -0.2) is 5.78 Å². The Bertz CT molecular complexity index is 559. The Morgan fingerprint density at radius 3 is 1.55 bits per heavy atom. The summed E-state index contributed by atoms with van der Waals surface area (Å²) in [7, 11) is 0. The number of hydrogen-bond donors (Lipinski definition) is 0. The van der Waals surface area contributed by atoms with Gasteiger partial charge >= 0.3 is 0 Å². The van der Waals surface area contributed by atoms with Gasteiger partial charge < -0.3 is 0 Å². The molecule has 0 aromatic heterocycles. The second kappa shape index (κ2) is 8.53. The monoisotopic (exact) mass is 294 g/mol. The maximum Gasteiger partial charge on any atom is 0.132 e. The van der Waals surface area contributed by atoms with Gasteiger partial charge in [0.25, 0.3) is 0 Å². The molecule has 0 saturated carbocycles. The average molecular weight is 294 g/mol. The lowest BCUT2D eigenvalue weighted by molar-refractivity contribution is -0.119. The number of Topliss-reactive ketones (excluding diaryl/α,β-unsaturated/α-hetero) is 1. The summed E-state index contributed by atoms with van der Waals surface area (Å²) in [6.45, 7) is 4.28. The van der Waals surface area contributed by atoms with Gasteiger partial charge in [-0.05, 0) is 61.8 Å². The number of aryl methyl sites for hydroxylation is 4. The summed E-state index contributed by atoms with van der Waals surface area (Å²) < 4.78 is 0. The topological polar surface area (TPSA) is 17.1 Å². The maximum atomic E-state index is 12.0. The van der Waals surface area contributed by atoms with E-state index in [0.717, 1.165) is 25.7 Å². The van der Waals surface area contributed by atoms with Crippen LogP contribution >= 0.6 is 0 Å². The van der Waals surface area contributed by atoms with E-state index >= 15 is 0 Å². The second-order valence-electron chi connectivity index (χ2n) is 6.10. The van der Waals surface area contributed by atoms with E-state index in [-0.39, 0.29) is 0 Å². The summed E-state index contributed by atoms with van der Waals surface area (Å²) in [5.41, 5.74) is 5.40. The summed E-state index contributed by atoms with van der Waals surface area (Å²) >= 11 is 0. The van der Waals surface area contributed by atoms with Crippen molar-refractivity contribution in [3.05, 3.63) is 70.8 Å². The van der Waals surface area contributed by atoms with Crippen LogP contribution < -0.4 is 0 Å². The molecule has 0 amide bonds. The summed E-state index contributed by atoms with van der Waals surface area (Å²) in [6, 6.07) is 16.9. The molecule has 0 bridgehead atoms. The molecule has 1 nitrogen and oxygen atoms in total. The molecule has 0 aliphatic carbocycles. The molecule has 0 aliphatic heterocycles. The van der Waals surface area contributed by atoms with Crippen molar-refractivity contribution in [1.29, 1.82) is 0 Å². The van der Waals surface area contributed by atoms with Crippen LogP contribution in [0.1, 0.15) is 47.9 Å². The Hall–Kier alpha value is -1.89. The molecular formula is C21H26O. The van der Waals surface area contributed by atoms with Gasteiger partial charge in [-0.1, -0.05) is 48.5 Å². The first kappa shape index (κ1) is 16.5. The van der Waals surface area contributed by atoms with Crippen molar-refractivity contribution in [2.24, 2.45) is 0 Å². The third-order valence-corrected chi connectivity index (χ3v) is 4.33. The van der Waals surface area contributed by atoms with Gasteiger partial charge in [-0.2, -0.15) is 0 Å². The van der Waals surface area contributed by atoms with Crippen molar-refractivity contribution >= 4 is 5.78 Å². The summed E-state index contributed by atoms with van der Waals surface area (Å²) in [6.07, 6.45) is 5.37. The smallest absolute Gasteiger partial charge is 0.132 e. The van der Waals surface area contributed by atoms with Crippen LogP contribution in [0.3, 0.4) is 0 Å². The first-order valence-electron chi connectivity index (χ1n) is 8.27. The van der Waals surface area contributed by atoms with Gasteiger partial charge in [-0.15, -0.1) is 0 Å². The maximum absolute atomic E-state index is 12.0. The van der Waals surface area contributed by atoms with Gasteiger partial charge in [0, 0.05) is 12.8 Å². The second-order valence-corrected chi connectivity index (χ2v) is 6.10. The van der Waals surface area contributed by atoms with Crippen LogP contribution in [-0.2, 0) is 17.6 Å². The SMILES string of the molecule is Cc1ccccc1CCCC(=O)CCCc1ccccc1C. The predicted octanol–water partition coefficient (Wildman–Crippen LogP) is 5.22. The lowest BCUT2D eigenvalue weighted by Crippen LogP contribution is -2.01. The zero-order valence-electron chi connectivity index (χ0n) is 13.8. The summed E-state index contributed by atoms with van der Waals surface area (Å²) in [5.74, 6) is 0.405. The van der Waals surface area contributed by atoms with Gasteiger partial charge in [-0.25, -0.2) is 0 Å². The largest absolute Gasteiger partial charge is 0.300 e. The van der Waals surface area contributed by atoms with Crippen molar-refractivity contribution < 1.29 is 4.79 Å². The lowest BCUT2D eigenvalue weighted by atomic mass is 9.99. The molecule has 0 N–H and O–H groups in total. The minimum absolute atomic E-state index is 0.405. The average Bonchev–Trinajstić information content (AvgIpc) is 2.51. The predicted molar refractivity (Wildman–Crippen MR) is 93.2 cm³/mol. The molecule has 0 aliphatic rings. The highest BCUT2D eigenvalue weighted by atomic mass is 16.1. The van der Waals surface area contributed by atoms with Gasteiger partial charge in [0.15, 0.2) is 0 Å². The molecule has 0 fully saturated rings. The van der Waals surface area contributed by atoms with E-state index < -0.39 is 0 Å². The van der Waals surface area contributed by atoms with E-state index in [1.54, 1.807) is 0 Å². The molecule has 22 heavy (non-hydrogen) atoms. The Kier molecular flexibility index (Phi) is 6.39. The zero-order chi connectivity index (χ0) is 15.8. The van der Waals surface area contributed by atoms with E-state index in [2.05, 4.69) is 62.4 Å². The van der Waals surface area contributed by atoms with Gasteiger partial charge in [0.1, 0.15) is 5.78 Å². The molecule has 0 spiro atoms. The number of rotatable bonds is 8. The fraction of sp³-hybridized carbons (Fsp3) is 0.381. The molecule has 0 saturated heterocycles. The Balaban J connectivity index is 1.66. The number of benzene rings is 2. The Morgan fingerprint density at radius 2 is 1.14 bits per heavy atom. The molecular weight excluding hydrogens is 268 g/mol. The van der Waals surface area contributed by atoms with Gasteiger partial charge in [0.2, 0.25) is 0 Å². The molecule has 0 atom stereocenters. The fourth-order valence-corrected chi connectivity index (χ4v) is 2.86. The standard InChI is InChI=1S/C21H26O/c1-17-9-3-5-11-19(17)13-7-15-21(22)16-8-14-20-12-6-4-10-18(20)2/h3-6,9-12H,7-8,13-16H2,1-2H3. The number of ketones is 1. The molecule has 2 aromatic carbocycles. The molecule has 0 heterocycles. The fourth-order valence-electron chi connectivity index (χ4n) is 2.86. The van der Waals surface area contributed by atoms with E-state index in [1.807, 2.05) is 0 Å². The molecule has 1 heteroatoms. The minimum atomic E-state index is 0.405. The van der Waals surface area contributed by atoms with Crippen molar-refractivity contribution in [2.75, 3.05) is 0 Å². The van der Waals surface area contributed by atoms with Gasteiger partial charge in [0.05, 0.1) is 0 Å². The lowest BCUT2D eigenvalue weighted by Gasteiger charge is -2.06. The third kappa shape index (κ3) is 5.14. The van der Waals surface area contributed by atoms with E-state index in [0.29, 0.717) is 18.6 Å². The molecule has 0 radical (unpaired) electrons. The Morgan fingerprint density at radius 1 is 0.727 bits per heavy atom. The van der Waals surface area contributed by atoms with E-state index in [4.69, 9.17) is 0 Å². The number of hydrogen-bond acceptors (Lipinski definition) is 1. The van der Waals surface area contributed by atoms with Crippen molar-refractivity contribution in [1.82, 2.24) is 0 Å². The molecule has 2 rings (SSSR count). The number of carbonyl (C=O) groups is 1. The van der Waals surface area contributed by atoms with Crippen molar-refractivity contribution in [3.63, 3.8) is 0 Å². The van der Waals surface area contributed by atoms with Crippen molar-refractivity contribution in [2.45, 2.75) is 52.4 Å². The van der Waals surface area contributed by atoms with Crippen LogP contribution in [0.25, 0.3) is 0 Å². The third-order valence-electron chi connectivity index (χ3n) is 4.33. The first-order valence-corrected chi connectivity index (χ1v) is 8.27. The number of carbonyl (C=O) groups excluding carboxylic acids is 1. The highest BCUT2D eigenvalue weighted by molar-refractivity contribution is 5.78. The highest BCUT2D eigenvalue weighted by Gasteiger charge is 2.04. The van der Waals surface area contributed by atoms with Crippen LogP contribution in [0.2, 0.25) is 0 Å². The minimum Gasteiger partial charge on any atom is -0.300 e. The van der Waals surface area contributed by atoms with Crippen LogP contribution in [0, 0.1) is 13.8 Å². The van der Waals surface area contributed by atoms with Gasteiger partial charge in [-0.3, -0.25) is 4.79 Å². The Labute approximate surface area is 134 Å². The van der Waals surface area contributed by atoms with Crippen LogP contribution in [0.4, 0.5) is 0 Å². The van der Waals surface area contributed by atoms with Crippen LogP contribution in [0.15, 0.2) is 48.5 Å².